The van der Waals surface area contributed by atoms with Crippen molar-refractivity contribution in [1.82, 2.24) is 0 Å². The molecule has 0 aliphatic rings. The number of anilines is 1. The Labute approximate surface area is 132 Å². The molecule has 0 aliphatic heterocycles. The first-order valence-corrected chi connectivity index (χ1v) is 7.85. The second kappa shape index (κ2) is 6.62. The van der Waals surface area contributed by atoms with Crippen LogP contribution in [0.25, 0.3) is 0 Å². The summed E-state index contributed by atoms with van der Waals surface area (Å²) < 4.78 is 0. The van der Waals surface area contributed by atoms with Gasteiger partial charge in [-0.1, -0.05) is 6.07 Å². The first-order valence-electron chi connectivity index (χ1n) is 6.63. The summed E-state index contributed by atoms with van der Waals surface area (Å²) in [6.45, 7) is 3.89. The van der Waals surface area contributed by atoms with Crippen LogP contribution in [0.4, 0.5) is 11.4 Å². The second-order valence-corrected chi connectivity index (χ2v) is 5.82. The Balaban J connectivity index is 2.29. The highest BCUT2D eigenvalue weighted by Gasteiger charge is 2.17. The van der Waals surface area contributed by atoms with E-state index in [2.05, 4.69) is 5.32 Å². The number of thioether (sulfide) groups is 1. The number of benzene rings is 2. The number of nitrogens with zero attached hydrogens (tertiary/aromatic N) is 1. The molecule has 2 rings (SSSR count). The maximum atomic E-state index is 12.3. The zero-order valence-electron chi connectivity index (χ0n) is 12.5. The van der Waals surface area contributed by atoms with Crippen LogP contribution >= 0.6 is 11.8 Å². The lowest BCUT2D eigenvalue weighted by Crippen LogP contribution is -2.12. The fourth-order valence-corrected chi connectivity index (χ4v) is 2.77. The van der Waals surface area contributed by atoms with Gasteiger partial charge in [-0.25, -0.2) is 0 Å². The summed E-state index contributed by atoms with van der Waals surface area (Å²) in [6, 6.07) is 10.2. The Morgan fingerprint density at radius 1 is 1.14 bits per heavy atom. The Kier molecular flexibility index (Phi) is 4.82. The highest BCUT2D eigenvalue weighted by atomic mass is 32.2. The molecule has 0 atom stereocenters. The van der Waals surface area contributed by atoms with Gasteiger partial charge in [0.05, 0.1) is 9.82 Å². The number of hydrogen-bond donors (Lipinski definition) is 1. The minimum absolute atomic E-state index is 0.0550. The number of carbonyl (C=O) groups is 1. The van der Waals surface area contributed by atoms with Crippen molar-refractivity contribution in [3.8, 4) is 0 Å². The van der Waals surface area contributed by atoms with Gasteiger partial charge in [0, 0.05) is 17.3 Å². The smallest absolute Gasteiger partial charge is 0.283 e. The number of hydrogen-bond acceptors (Lipinski definition) is 4. The second-order valence-electron chi connectivity index (χ2n) is 4.97. The first kappa shape index (κ1) is 16.0. The van der Waals surface area contributed by atoms with Crippen LogP contribution in [-0.2, 0) is 0 Å². The van der Waals surface area contributed by atoms with Crippen molar-refractivity contribution >= 4 is 29.0 Å². The van der Waals surface area contributed by atoms with Crippen LogP contribution in [0, 0.1) is 24.0 Å². The molecule has 1 N–H and O–H groups in total. The van der Waals surface area contributed by atoms with Gasteiger partial charge in [0.15, 0.2) is 0 Å². The third-order valence-corrected chi connectivity index (χ3v) is 3.90. The number of aryl methyl sites for hydroxylation is 2. The van der Waals surface area contributed by atoms with Gasteiger partial charge in [-0.2, -0.15) is 0 Å². The van der Waals surface area contributed by atoms with Gasteiger partial charge in [0.1, 0.15) is 0 Å². The molecule has 114 valence electrons. The van der Waals surface area contributed by atoms with Crippen molar-refractivity contribution in [3.63, 3.8) is 0 Å². The van der Waals surface area contributed by atoms with E-state index in [0.29, 0.717) is 10.6 Å². The molecule has 0 unspecified atom stereocenters. The number of nitrogens with one attached hydrogen (secondary N) is 1. The molecular formula is C16H16N2O3S. The standard InChI is InChI=1S/C16H16N2O3S/c1-10-6-11(2)8-13(7-10)17-16(19)12-4-5-15(22-3)14(9-12)18(20)21/h4-9H,1-3H3,(H,17,19). The van der Waals surface area contributed by atoms with E-state index in [-0.39, 0.29) is 17.2 Å². The number of carbonyl (C=O) groups excluding carboxylic acids is 1. The van der Waals surface area contributed by atoms with E-state index in [1.807, 2.05) is 32.0 Å². The predicted molar refractivity (Wildman–Crippen MR) is 88.7 cm³/mol. The Hall–Kier alpha value is -2.34. The zero-order chi connectivity index (χ0) is 16.3. The normalized spacial score (nSPS) is 10.3. The van der Waals surface area contributed by atoms with Crippen LogP contribution in [0.3, 0.4) is 0 Å². The number of amides is 1. The topological polar surface area (TPSA) is 72.2 Å². The molecule has 0 saturated carbocycles. The van der Waals surface area contributed by atoms with E-state index >= 15 is 0 Å². The summed E-state index contributed by atoms with van der Waals surface area (Å²) in [6.07, 6.45) is 1.76. The average molecular weight is 316 g/mol. The summed E-state index contributed by atoms with van der Waals surface area (Å²) in [5, 5.41) is 13.8. The van der Waals surface area contributed by atoms with Gasteiger partial charge in [-0.15, -0.1) is 11.8 Å². The number of rotatable bonds is 4. The molecular weight excluding hydrogens is 300 g/mol. The van der Waals surface area contributed by atoms with Crippen LogP contribution < -0.4 is 5.32 Å². The highest BCUT2D eigenvalue weighted by molar-refractivity contribution is 7.98. The molecule has 0 fully saturated rings. The summed E-state index contributed by atoms with van der Waals surface area (Å²) in [7, 11) is 0. The fraction of sp³-hybridized carbons (Fsp3) is 0.188. The van der Waals surface area contributed by atoms with E-state index < -0.39 is 4.92 Å². The Morgan fingerprint density at radius 3 is 2.32 bits per heavy atom. The van der Waals surface area contributed by atoms with Crippen LogP contribution in [0.15, 0.2) is 41.3 Å². The molecule has 0 spiro atoms. The fourth-order valence-electron chi connectivity index (χ4n) is 2.22. The van der Waals surface area contributed by atoms with Gasteiger partial charge in [-0.3, -0.25) is 14.9 Å². The SMILES string of the molecule is CSc1ccc(C(=O)Nc2cc(C)cc(C)c2)cc1[N+](=O)[O-]. The molecule has 0 aromatic heterocycles. The molecule has 1 amide bonds. The highest BCUT2D eigenvalue weighted by Crippen LogP contribution is 2.28. The molecule has 6 heteroatoms. The lowest BCUT2D eigenvalue weighted by atomic mass is 10.1. The van der Waals surface area contributed by atoms with Crippen LogP contribution in [-0.4, -0.2) is 17.1 Å². The van der Waals surface area contributed by atoms with Crippen molar-refractivity contribution in [2.45, 2.75) is 18.7 Å². The lowest BCUT2D eigenvalue weighted by molar-refractivity contribution is -0.387. The van der Waals surface area contributed by atoms with Crippen molar-refractivity contribution in [2.75, 3.05) is 11.6 Å². The van der Waals surface area contributed by atoms with Crippen LogP contribution in [0.1, 0.15) is 21.5 Å². The van der Waals surface area contributed by atoms with Crippen molar-refractivity contribution < 1.29 is 9.72 Å². The summed E-state index contributed by atoms with van der Waals surface area (Å²) in [5.41, 5.74) is 2.97. The van der Waals surface area contributed by atoms with Crippen molar-refractivity contribution in [1.29, 1.82) is 0 Å². The van der Waals surface area contributed by atoms with Crippen molar-refractivity contribution in [3.05, 3.63) is 63.2 Å². The first-order chi connectivity index (χ1) is 10.4. The molecule has 2 aromatic carbocycles. The Morgan fingerprint density at radius 2 is 1.77 bits per heavy atom. The van der Waals surface area contributed by atoms with Crippen LogP contribution in [0.2, 0.25) is 0 Å². The minimum atomic E-state index is -0.473. The van der Waals surface area contributed by atoms with Gasteiger partial charge in [-0.05, 0) is 55.5 Å². The van der Waals surface area contributed by atoms with E-state index in [9.17, 15) is 14.9 Å². The van der Waals surface area contributed by atoms with Gasteiger partial charge >= 0.3 is 0 Å². The molecule has 0 bridgehead atoms. The predicted octanol–water partition coefficient (Wildman–Crippen LogP) is 4.19. The third-order valence-electron chi connectivity index (χ3n) is 3.12. The number of nitro benzene ring substituents is 1. The van der Waals surface area contributed by atoms with Crippen molar-refractivity contribution in [2.24, 2.45) is 0 Å². The average Bonchev–Trinajstić information content (AvgIpc) is 2.45. The molecule has 0 aliphatic carbocycles. The molecule has 0 saturated heterocycles. The molecule has 0 heterocycles. The van der Waals surface area contributed by atoms with E-state index in [1.165, 1.54) is 17.8 Å². The molecule has 5 nitrogen and oxygen atoms in total. The van der Waals surface area contributed by atoms with Gasteiger partial charge in [0.2, 0.25) is 0 Å². The lowest BCUT2D eigenvalue weighted by Gasteiger charge is -2.08. The summed E-state index contributed by atoms with van der Waals surface area (Å²) >= 11 is 1.28. The third kappa shape index (κ3) is 3.65. The largest absolute Gasteiger partial charge is 0.322 e. The maximum absolute atomic E-state index is 12.3. The Bertz CT molecular complexity index is 724. The van der Waals surface area contributed by atoms with Gasteiger partial charge in [0.25, 0.3) is 11.6 Å². The maximum Gasteiger partial charge on any atom is 0.283 e. The number of nitro groups is 1. The van der Waals surface area contributed by atoms with E-state index in [0.717, 1.165) is 11.1 Å². The van der Waals surface area contributed by atoms with Gasteiger partial charge < -0.3 is 5.32 Å². The summed E-state index contributed by atoms with van der Waals surface area (Å²) in [5.74, 6) is -0.360. The zero-order valence-corrected chi connectivity index (χ0v) is 13.4. The monoisotopic (exact) mass is 316 g/mol. The quantitative estimate of drug-likeness (QED) is 0.521. The van der Waals surface area contributed by atoms with Crippen LogP contribution in [0.5, 0.6) is 0 Å². The van der Waals surface area contributed by atoms with E-state index in [4.69, 9.17) is 0 Å². The van der Waals surface area contributed by atoms with E-state index in [1.54, 1.807) is 18.4 Å². The summed E-state index contributed by atoms with van der Waals surface area (Å²) in [4.78, 5) is 23.4. The molecule has 0 radical (unpaired) electrons. The minimum Gasteiger partial charge on any atom is -0.322 e. The molecule has 2 aromatic rings. The molecule has 22 heavy (non-hydrogen) atoms.